The lowest BCUT2D eigenvalue weighted by molar-refractivity contribution is 0.0191. The Balaban J connectivity index is 1.17. The molecule has 5 heterocycles. The molecule has 7 heteroatoms. The first kappa shape index (κ1) is 23.5. The van der Waals surface area contributed by atoms with Crippen LogP contribution in [0, 0.1) is 0 Å². The van der Waals surface area contributed by atoms with E-state index < -0.39 is 0 Å². The van der Waals surface area contributed by atoms with Gasteiger partial charge in [0.05, 0.1) is 6.61 Å². The number of likely N-dealkylation sites (tertiary alicyclic amines) is 1. The van der Waals surface area contributed by atoms with Crippen molar-refractivity contribution in [3.63, 3.8) is 0 Å². The van der Waals surface area contributed by atoms with Gasteiger partial charge in [0.1, 0.15) is 5.69 Å². The van der Waals surface area contributed by atoms with Crippen molar-refractivity contribution in [2.24, 2.45) is 0 Å². The molecule has 0 saturated carbocycles. The number of pyridine rings is 1. The van der Waals surface area contributed by atoms with E-state index in [0.717, 1.165) is 58.2 Å². The fraction of sp³-hybridized carbons (Fsp3) is 0.552. The number of aromatic nitrogens is 1. The minimum absolute atomic E-state index is 0.0135. The first-order valence-electron chi connectivity index (χ1n) is 13.6. The number of hydrogen-bond acceptors (Lipinski definition) is 5. The van der Waals surface area contributed by atoms with E-state index in [1.165, 1.54) is 11.1 Å². The summed E-state index contributed by atoms with van der Waals surface area (Å²) in [6.07, 6.45) is 7.93. The molecule has 2 amide bonds. The number of hydrogen-bond donors (Lipinski definition) is 0. The number of piperidine rings is 2. The third kappa shape index (κ3) is 4.07. The molecule has 3 saturated heterocycles. The average Bonchev–Trinajstić information content (AvgIpc) is 3.19. The lowest BCUT2D eigenvalue weighted by atomic mass is 9.68. The van der Waals surface area contributed by atoms with Gasteiger partial charge < -0.3 is 19.4 Å². The van der Waals surface area contributed by atoms with Gasteiger partial charge in [0.25, 0.3) is 5.91 Å². The zero-order valence-electron chi connectivity index (χ0n) is 21.1. The molecule has 2 bridgehead atoms. The van der Waals surface area contributed by atoms with Gasteiger partial charge in [-0.1, -0.05) is 30.3 Å². The first-order chi connectivity index (χ1) is 17.6. The van der Waals surface area contributed by atoms with Gasteiger partial charge in [-0.05, 0) is 81.8 Å². The van der Waals surface area contributed by atoms with Crippen LogP contribution in [-0.2, 0) is 16.7 Å². The summed E-state index contributed by atoms with van der Waals surface area (Å²) in [4.78, 5) is 36.9. The fourth-order valence-electron chi connectivity index (χ4n) is 7.37. The van der Waals surface area contributed by atoms with Crippen LogP contribution in [-0.4, -0.2) is 76.1 Å². The van der Waals surface area contributed by atoms with Gasteiger partial charge in [-0.25, -0.2) is 4.79 Å². The van der Waals surface area contributed by atoms with Gasteiger partial charge in [-0.15, -0.1) is 0 Å². The van der Waals surface area contributed by atoms with Gasteiger partial charge in [0.2, 0.25) is 0 Å². The van der Waals surface area contributed by atoms with E-state index in [1.54, 1.807) is 6.20 Å². The van der Waals surface area contributed by atoms with Gasteiger partial charge in [-0.3, -0.25) is 9.78 Å². The lowest BCUT2D eigenvalue weighted by Gasteiger charge is -2.51. The van der Waals surface area contributed by atoms with Gasteiger partial charge in [0.15, 0.2) is 0 Å². The SMILES string of the molecule is CCOC(=O)N1C2CCC1CC(N1CCC3(CC1)CN(C(=O)c1ccccn1)Cc1ccccc13)C2. The Kier molecular flexibility index (Phi) is 6.20. The Hall–Kier alpha value is -2.93. The molecule has 4 aliphatic heterocycles. The van der Waals surface area contributed by atoms with Crippen LogP contribution < -0.4 is 0 Å². The molecule has 0 N–H and O–H groups in total. The highest BCUT2D eigenvalue weighted by Crippen LogP contribution is 2.44. The molecule has 3 fully saturated rings. The van der Waals surface area contributed by atoms with E-state index >= 15 is 0 Å². The molecule has 1 aromatic heterocycles. The summed E-state index contributed by atoms with van der Waals surface area (Å²) in [5, 5.41) is 0. The largest absolute Gasteiger partial charge is 0.450 e. The number of rotatable bonds is 3. The average molecular weight is 489 g/mol. The van der Waals surface area contributed by atoms with E-state index in [0.29, 0.717) is 37.0 Å². The highest BCUT2D eigenvalue weighted by molar-refractivity contribution is 5.92. The number of carbonyl (C=O) groups excluding carboxylic acids is 2. The van der Waals surface area contributed by atoms with Crippen LogP contribution in [0.2, 0.25) is 0 Å². The topological polar surface area (TPSA) is 66.0 Å². The molecule has 190 valence electrons. The third-order valence-corrected chi connectivity index (χ3v) is 9.07. The van der Waals surface area contributed by atoms with Crippen LogP contribution in [0.1, 0.15) is 67.1 Å². The van der Waals surface area contributed by atoms with Gasteiger partial charge >= 0.3 is 6.09 Å². The monoisotopic (exact) mass is 488 g/mol. The van der Waals surface area contributed by atoms with Crippen molar-refractivity contribution in [3.8, 4) is 0 Å². The molecular weight excluding hydrogens is 452 g/mol. The smallest absolute Gasteiger partial charge is 0.410 e. The van der Waals surface area contributed by atoms with Crippen molar-refractivity contribution >= 4 is 12.0 Å². The summed E-state index contributed by atoms with van der Waals surface area (Å²) in [6, 6.07) is 15.4. The first-order valence-corrected chi connectivity index (χ1v) is 13.6. The fourth-order valence-corrected chi connectivity index (χ4v) is 7.37. The summed E-state index contributed by atoms with van der Waals surface area (Å²) in [7, 11) is 0. The van der Waals surface area contributed by atoms with Crippen molar-refractivity contribution in [2.75, 3.05) is 26.2 Å². The van der Waals surface area contributed by atoms with Crippen molar-refractivity contribution in [3.05, 3.63) is 65.5 Å². The highest BCUT2D eigenvalue weighted by Gasteiger charge is 2.48. The van der Waals surface area contributed by atoms with Gasteiger partial charge in [0, 0.05) is 42.8 Å². The lowest BCUT2D eigenvalue weighted by Crippen LogP contribution is -2.57. The molecule has 2 unspecified atom stereocenters. The highest BCUT2D eigenvalue weighted by atomic mass is 16.6. The number of benzene rings is 1. The Morgan fingerprint density at radius 3 is 2.42 bits per heavy atom. The van der Waals surface area contributed by atoms with Gasteiger partial charge in [-0.2, -0.15) is 0 Å². The summed E-state index contributed by atoms with van der Waals surface area (Å²) < 4.78 is 5.35. The van der Waals surface area contributed by atoms with Crippen LogP contribution in [0.5, 0.6) is 0 Å². The van der Waals surface area contributed by atoms with Crippen molar-refractivity contribution in [1.82, 2.24) is 19.7 Å². The van der Waals surface area contributed by atoms with Crippen molar-refractivity contribution in [2.45, 2.75) is 75.5 Å². The molecule has 2 aromatic rings. The zero-order chi connectivity index (χ0) is 24.7. The molecular formula is C29H36N4O3. The third-order valence-electron chi connectivity index (χ3n) is 9.07. The van der Waals surface area contributed by atoms with Crippen molar-refractivity contribution < 1.29 is 14.3 Å². The molecule has 1 spiro atoms. The van der Waals surface area contributed by atoms with E-state index in [1.807, 2.05) is 34.9 Å². The summed E-state index contributed by atoms with van der Waals surface area (Å²) in [5.74, 6) is 0.0230. The normalized spacial score (nSPS) is 27.1. The second kappa shape index (κ2) is 9.51. The van der Waals surface area contributed by atoms with Crippen LogP contribution in [0.25, 0.3) is 0 Å². The molecule has 36 heavy (non-hydrogen) atoms. The maximum absolute atomic E-state index is 13.4. The maximum atomic E-state index is 13.4. The predicted molar refractivity (Wildman–Crippen MR) is 137 cm³/mol. The van der Waals surface area contributed by atoms with Crippen LogP contribution in [0.4, 0.5) is 4.79 Å². The van der Waals surface area contributed by atoms with Crippen LogP contribution in [0.15, 0.2) is 48.7 Å². The Labute approximate surface area is 213 Å². The second-order valence-corrected chi connectivity index (χ2v) is 11.0. The zero-order valence-corrected chi connectivity index (χ0v) is 21.1. The quantitative estimate of drug-likeness (QED) is 0.647. The molecule has 6 rings (SSSR count). The van der Waals surface area contributed by atoms with Crippen molar-refractivity contribution in [1.29, 1.82) is 0 Å². The molecule has 0 radical (unpaired) electrons. The van der Waals surface area contributed by atoms with E-state index in [2.05, 4.69) is 34.1 Å². The molecule has 7 nitrogen and oxygen atoms in total. The number of amides is 2. The van der Waals surface area contributed by atoms with E-state index in [9.17, 15) is 9.59 Å². The van der Waals surface area contributed by atoms with E-state index in [4.69, 9.17) is 4.74 Å². The number of fused-ring (bicyclic) bond motifs is 4. The van der Waals surface area contributed by atoms with Crippen LogP contribution >= 0.6 is 0 Å². The predicted octanol–water partition coefficient (Wildman–Crippen LogP) is 4.22. The Morgan fingerprint density at radius 2 is 1.72 bits per heavy atom. The molecule has 4 aliphatic rings. The molecule has 0 aliphatic carbocycles. The minimum atomic E-state index is -0.127. The Morgan fingerprint density at radius 1 is 1.00 bits per heavy atom. The minimum Gasteiger partial charge on any atom is -0.450 e. The maximum Gasteiger partial charge on any atom is 0.410 e. The summed E-state index contributed by atoms with van der Waals surface area (Å²) in [5.41, 5.74) is 3.20. The molecule has 1 aromatic carbocycles. The summed E-state index contributed by atoms with van der Waals surface area (Å²) >= 11 is 0. The Bertz CT molecular complexity index is 1100. The second-order valence-electron chi connectivity index (χ2n) is 11.0. The molecule has 2 atom stereocenters. The van der Waals surface area contributed by atoms with E-state index in [-0.39, 0.29) is 17.4 Å². The summed E-state index contributed by atoms with van der Waals surface area (Å²) in [6.45, 7) is 5.78. The number of ether oxygens (including phenoxy) is 1. The van der Waals surface area contributed by atoms with Crippen LogP contribution in [0.3, 0.4) is 0 Å². The number of carbonyl (C=O) groups is 2. The number of nitrogens with zero attached hydrogens (tertiary/aromatic N) is 4. The standard InChI is InChI=1S/C29H36N4O3/c1-2-36-28(35)33-22-10-11-23(33)18-24(17-22)31-15-12-29(13-16-31)20-32(19-21-7-3-4-8-25(21)29)27(34)26-9-5-6-14-30-26/h3-9,14,22-24H,2,10-13,15-20H2,1H3.